The molecule has 1 amide bonds. The number of aromatic nitrogens is 1. The van der Waals surface area contributed by atoms with Gasteiger partial charge < -0.3 is 9.84 Å². The van der Waals surface area contributed by atoms with Gasteiger partial charge in [-0.05, 0) is 6.92 Å². The molecule has 0 bridgehead atoms. The summed E-state index contributed by atoms with van der Waals surface area (Å²) in [6.45, 7) is 1.95. The minimum atomic E-state index is -1.10. The largest absolute Gasteiger partial charge is 0.497 e. The number of pyridine rings is 1. The van der Waals surface area contributed by atoms with Gasteiger partial charge in [0, 0.05) is 30.7 Å². The molecule has 0 radical (unpaired) electrons. The average Bonchev–Trinajstić information content (AvgIpc) is 2.40. The molecule has 0 aliphatic carbocycles. The van der Waals surface area contributed by atoms with E-state index >= 15 is 0 Å². The van der Waals surface area contributed by atoms with Crippen LogP contribution in [0.3, 0.4) is 0 Å². The minimum Gasteiger partial charge on any atom is -0.497 e. The first-order valence-electron chi connectivity index (χ1n) is 6.12. The van der Waals surface area contributed by atoms with Crippen LogP contribution in [0.4, 0.5) is 0 Å². The van der Waals surface area contributed by atoms with Crippen LogP contribution in [-0.2, 0) is 16.1 Å². The summed E-state index contributed by atoms with van der Waals surface area (Å²) < 4.78 is 5.14. The van der Waals surface area contributed by atoms with Crippen molar-refractivity contribution < 1.29 is 19.4 Å². The van der Waals surface area contributed by atoms with Crippen LogP contribution in [0.5, 0.6) is 5.75 Å². The molecule has 0 fully saturated rings. The van der Waals surface area contributed by atoms with E-state index in [9.17, 15) is 9.59 Å². The second-order valence-electron chi connectivity index (χ2n) is 4.44. The van der Waals surface area contributed by atoms with Gasteiger partial charge in [0.25, 0.3) is 0 Å². The molecule has 0 spiro atoms. The molecule has 0 saturated carbocycles. The number of carbonyl (C=O) groups excluding carboxylic acids is 1. The third-order valence-corrected chi connectivity index (χ3v) is 2.88. The van der Waals surface area contributed by atoms with Crippen LogP contribution in [-0.4, -0.2) is 39.8 Å². The summed E-state index contributed by atoms with van der Waals surface area (Å²) in [7, 11) is 1.55. The summed E-state index contributed by atoms with van der Waals surface area (Å²) in [6.07, 6.45) is 0.309. The van der Waals surface area contributed by atoms with E-state index in [0.717, 1.165) is 10.7 Å². The molecule has 1 N–H and O–H groups in total. The number of methoxy groups -OCH3 is 1. The highest BCUT2D eigenvalue weighted by Crippen LogP contribution is 2.17. The van der Waals surface area contributed by atoms with Crippen molar-refractivity contribution in [3.63, 3.8) is 0 Å². The fraction of sp³-hybridized carbons (Fsp3) is 0.385. The van der Waals surface area contributed by atoms with E-state index in [4.69, 9.17) is 9.84 Å². The zero-order chi connectivity index (χ0) is 14.7. The summed E-state index contributed by atoms with van der Waals surface area (Å²) in [4.78, 5) is 27.0. The van der Waals surface area contributed by atoms with E-state index in [1.54, 1.807) is 19.2 Å². The maximum absolute atomic E-state index is 11.8. The van der Waals surface area contributed by atoms with Crippen molar-refractivity contribution in [1.29, 1.82) is 0 Å². The summed E-state index contributed by atoms with van der Waals surface area (Å²) in [5, 5.41) is 13.9. The number of amides is 1. The molecule has 0 aromatic carbocycles. The normalized spacial score (nSPS) is 15.0. The number of carbonyl (C=O) groups is 2. The summed E-state index contributed by atoms with van der Waals surface area (Å²) in [6, 6.07) is 3.47. The number of hydrogen-bond acceptors (Lipinski definition) is 5. The molecule has 1 aromatic heterocycles. The molecule has 1 aromatic rings. The van der Waals surface area contributed by atoms with Gasteiger partial charge >= 0.3 is 5.97 Å². The lowest BCUT2D eigenvalue weighted by Crippen LogP contribution is -2.34. The molecule has 2 rings (SSSR count). The van der Waals surface area contributed by atoms with E-state index in [2.05, 4.69) is 10.1 Å². The quantitative estimate of drug-likeness (QED) is 0.885. The van der Waals surface area contributed by atoms with Gasteiger partial charge in [0.15, 0.2) is 0 Å². The van der Waals surface area contributed by atoms with Crippen LogP contribution in [0, 0.1) is 6.92 Å². The van der Waals surface area contributed by atoms with Crippen molar-refractivity contribution in [3.8, 4) is 5.75 Å². The van der Waals surface area contributed by atoms with Gasteiger partial charge in [0.05, 0.1) is 19.3 Å². The Morgan fingerprint density at radius 2 is 2.20 bits per heavy atom. The van der Waals surface area contributed by atoms with E-state index in [0.29, 0.717) is 11.4 Å². The zero-order valence-electron chi connectivity index (χ0n) is 11.3. The fourth-order valence-corrected chi connectivity index (χ4v) is 1.93. The van der Waals surface area contributed by atoms with Crippen molar-refractivity contribution in [2.75, 3.05) is 7.11 Å². The number of hydrogen-bond donors (Lipinski definition) is 1. The number of aryl methyl sites for hydroxylation is 1. The highest BCUT2D eigenvalue weighted by molar-refractivity contribution is 6.36. The van der Waals surface area contributed by atoms with Crippen LogP contribution in [0.25, 0.3) is 0 Å². The number of nitrogens with zero attached hydrogens (tertiary/aromatic N) is 3. The number of carboxylic acids is 1. The Labute approximate surface area is 115 Å². The number of rotatable bonds is 4. The molecule has 2 heterocycles. The first-order valence-corrected chi connectivity index (χ1v) is 6.12. The predicted molar refractivity (Wildman–Crippen MR) is 70.4 cm³/mol. The SMILES string of the molecule is COc1cc(C)nc(CN2N=C(C(=O)O)CCC2=O)c1. The Balaban J connectivity index is 2.23. The van der Waals surface area contributed by atoms with Crippen molar-refractivity contribution >= 4 is 17.6 Å². The average molecular weight is 277 g/mol. The summed E-state index contributed by atoms with van der Waals surface area (Å²) >= 11 is 0. The molecular weight excluding hydrogens is 262 g/mol. The van der Waals surface area contributed by atoms with E-state index in [-0.39, 0.29) is 31.0 Å². The van der Waals surface area contributed by atoms with E-state index in [1.165, 1.54) is 0 Å². The highest BCUT2D eigenvalue weighted by Gasteiger charge is 2.24. The van der Waals surface area contributed by atoms with Crippen LogP contribution in [0.1, 0.15) is 24.2 Å². The molecule has 1 aliphatic heterocycles. The Morgan fingerprint density at radius 1 is 1.45 bits per heavy atom. The molecule has 0 saturated heterocycles. The third-order valence-electron chi connectivity index (χ3n) is 2.88. The topological polar surface area (TPSA) is 92.1 Å². The molecule has 7 nitrogen and oxygen atoms in total. The van der Waals surface area contributed by atoms with E-state index < -0.39 is 5.97 Å². The van der Waals surface area contributed by atoms with Gasteiger partial charge in [-0.3, -0.25) is 9.78 Å². The molecule has 0 unspecified atom stereocenters. The van der Waals surface area contributed by atoms with Crippen molar-refractivity contribution in [2.45, 2.75) is 26.3 Å². The van der Waals surface area contributed by atoms with E-state index in [1.807, 2.05) is 6.92 Å². The number of hydrazone groups is 1. The number of aliphatic carboxylic acids is 1. The standard InChI is InChI=1S/C13H15N3O4/c1-8-5-10(20-2)6-9(14-8)7-16-12(17)4-3-11(15-16)13(18)19/h5-6H,3-4,7H2,1-2H3,(H,18,19). The maximum atomic E-state index is 11.8. The van der Waals surface area contributed by atoms with Gasteiger partial charge in [0.1, 0.15) is 11.5 Å². The molecule has 106 valence electrons. The molecule has 20 heavy (non-hydrogen) atoms. The van der Waals surface area contributed by atoms with Crippen molar-refractivity contribution in [2.24, 2.45) is 5.10 Å². The van der Waals surface area contributed by atoms with Gasteiger partial charge in [-0.2, -0.15) is 5.10 Å². The predicted octanol–water partition coefficient (Wildman–Crippen LogP) is 0.962. The lowest BCUT2D eigenvalue weighted by atomic mass is 10.1. The Morgan fingerprint density at radius 3 is 2.85 bits per heavy atom. The number of ether oxygens (including phenoxy) is 1. The Hall–Kier alpha value is -2.44. The van der Waals surface area contributed by atoms with Gasteiger partial charge in [-0.1, -0.05) is 0 Å². The fourth-order valence-electron chi connectivity index (χ4n) is 1.93. The molecule has 0 atom stereocenters. The molecule has 1 aliphatic rings. The lowest BCUT2D eigenvalue weighted by Gasteiger charge is -2.22. The highest BCUT2D eigenvalue weighted by atomic mass is 16.5. The van der Waals surface area contributed by atoms with Crippen LogP contribution >= 0.6 is 0 Å². The third kappa shape index (κ3) is 3.11. The number of carboxylic acid groups (broad SMARTS) is 1. The van der Waals surface area contributed by atoms with Crippen molar-refractivity contribution in [3.05, 3.63) is 23.5 Å². The molecule has 7 heteroatoms. The first-order chi connectivity index (χ1) is 9.49. The van der Waals surface area contributed by atoms with Crippen LogP contribution in [0.2, 0.25) is 0 Å². The smallest absolute Gasteiger partial charge is 0.352 e. The first kappa shape index (κ1) is 14.0. The second kappa shape index (κ2) is 5.68. The second-order valence-corrected chi connectivity index (χ2v) is 4.44. The monoisotopic (exact) mass is 277 g/mol. The van der Waals surface area contributed by atoms with Gasteiger partial charge in [-0.15, -0.1) is 0 Å². The van der Waals surface area contributed by atoms with Gasteiger partial charge in [0.2, 0.25) is 5.91 Å². The van der Waals surface area contributed by atoms with Crippen LogP contribution < -0.4 is 4.74 Å². The van der Waals surface area contributed by atoms with Crippen molar-refractivity contribution in [1.82, 2.24) is 9.99 Å². The van der Waals surface area contributed by atoms with Gasteiger partial charge in [-0.25, -0.2) is 9.80 Å². The minimum absolute atomic E-state index is 0.00998. The summed E-state index contributed by atoms with van der Waals surface area (Å²) in [5.74, 6) is -0.672. The summed E-state index contributed by atoms with van der Waals surface area (Å²) in [5.41, 5.74) is 1.35. The maximum Gasteiger partial charge on any atom is 0.352 e. The lowest BCUT2D eigenvalue weighted by molar-refractivity contribution is -0.133. The Kier molecular flexibility index (Phi) is 3.97. The Bertz CT molecular complexity index is 583. The van der Waals surface area contributed by atoms with Crippen LogP contribution in [0.15, 0.2) is 17.2 Å². The molecular formula is C13H15N3O4. The zero-order valence-corrected chi connectivity index (χ0v) is 11.3.